The second-order valence-corrected chi connectivity index (χ2v) is 9.36. The number of amides is 2. The lowest BCUT2D eigenvalue weighted by Crippen LogP contribution is -2.49. The molecule has 2 N–H and O–H groups in total. The van der Waals surface area contributed by atoms with Crippen molar-refractivity contribution in [1.82, 2.24) is 10.2 Å². The average molecular weight is 489 g/mol. The standard InChI is InChI=1S/C29H30F2N4O/c1-2-12-35-13-10-29(11-14-35,20-33-28(36)34-27-17-25(30)16-26(31)18-27)24-8-6-22(7-9-24)23-5-3-4-21(15-23)19-32/h3-9,15-18H,2,10-14,20H2,1H3,(H2,33,34,36). The lowest BCUT2D eigenvalue weighted by Gasteiger charge is -2.42. The maximum Gasteiger partial charge on any atom is 0.319 e. The van der Waals surface area contributed by atoms with Gasteiger partial charge in [-0.05, 0) is 79.9 Å². The predicted molar refractivity (Wildman–Crippen MR) is 138 cm³/mol. The molecule has 186 valence electrons. The molecule has 3 aromatic carbocycles. The third-order valence-corrected chi connectivity index (χ3v) is 6.88. The second kappa shape index (κ2) is 11.3. The Morgan fingerprint density at radius 1 is 1.00 bits per heavy atom. The summed E-state index contributed by atoms with van der Waals surface area (Å²) in [4.78, 5) is 15.1. The topological polar surface area (TPSA) is 68.2 Å². The summed E-state index contributed by atoms with van der Waals surface area (Å²) in [5.41, 5.74) is 3.56. The molecule has 1 fully saturated rings. The number of nitrogens with zero attached hydrogens (tertiary/aromatic N) is 2. The first kappa shape index (κ1) is 25.3. The lowest BCUT2D eigenvalue weighted by molar-refractivity contribution is 0.157. The number of piperidine rings is 1. The summed E-state index contributed by atoms with van der Waals surface area (Å²) in [7, 11) is 0. The number of urea groups is 1. The highest BCUT2D eigenvalue weighted by Gasteiger charge is 2.36. The molecule has 3 aromatic rings. The number of likely N-dealkylation sites (tertiary alicyclic amines) is 1. The van der Waals surface area contributed by atoms with Gasteiger partial charge in [0.05, 0.1) is 11.6 Å². The van der Waals surface area contributed by atoms with Crippen LogP contribution in [-0.2, 0) is 5.41 Å². The van der Waals surface area contributed by atoms with E-state index >= 15 is 0 Å². The van der Waals surface area contributed by atoms with Crippen LogP contribution < -0.4 is 10.6 Å². The van der Waals surface area contributed by atoms with E-state index in [-0.39, 0.29) is 11.1 Å². The van der Waals surface area contributed by atoms with E-state index in [4.69, 9.17) is 0 Å². The van der Waals surface area contributed by atoms with Gasteiger partial charge in [-0.1, -0.05) is 43.3 Å². The Bertz CT molecular complexity index is 1220. The summed E-state index contributed by atoms with van der Waals surface area (Å²) in [6, 6.07) is 20.4. The number of nitriles is 1. The maximum absolute atomic E-state index is 13.5. The lowest BCUT2D eigenvalue weighted by atomic mass is 9.72. The fourth-order valence-electron chi connectivity index (χ4n) is 4.92. The van der Waals surface area contributed by atoms with E-state index in [1.165, 1.54) is 0 Å². The molecule has 1 aliphatic heterocycles. The molecule has 0 aliphatic carbocycles. The smallest absolute Gasteiger partial charge is 0.319 e. The van der Waals surface area contributed by atoms with Crippen LogP contribution in [0.1, 0.15) is 37.3 Å². The summed E-state index contributed by atoms with van der Waals surface area (Å²) >= 11 is 0. The Morgan fingerprint density at radius 3 is 2.33 bits per heavy atom. The number of halogens is 2. The quantitative estimate of drug-likeness (QED) is 0.424. The van der Waals surface area contributed by atoms with Crippen molar-refractivity contribution in [2.24, 2.45) is 0 Å². The number of rotatable bonds is 7. The van der Waals surface area contributed by atoms with Gasteiger partial charge >= 0.3 is 6.03 Å². The van der Waals surface area contributed by atoms with Crippen molar-refractivity contribution in [1.29, 1.82) is 5.26 Å². The zero-order valence-electron chi connectivity index (χ0n) is 20.4. The third kappa shape index (κ3) is 6.07. The van der Waals surface area contributed by atoms with E-state index in [0.717, 1.165) is 73.8 Å². The molecule has 36 heavy (non-hydrogen) atoms. The number of anilines is 1. The van der Waals surface area contributed by atoms with Gasteiger partial charge in [-0.2, -0.15) is 5.26 Å². The summed E-state index contributed by atoms with van der Waals surface area (Å²) in [5, 5.41) is 14.7. The van der Waals surface area contributed by atoms with E-state index in [1.54, 1.807) is 6.07 Å². The van der Waals surface area contributed by atoms with Crippen molar-refractivity contribution in [3.63, 3.8) is 0 Å². The molecule has 0 aromatic heterocycles. The first-order valence-electron chi connectivity index (χ1n) is 12.3. The number of nitrogens with one attached hydrogen (secondary N) is 2. The van der Waals surface area contributed by atoms with Crippen LogP contribution in [0.25, 0.3) is 11.1 Å². The first-order valence-corrected chi connectivity index (χ1v) is 12.3. The van der Waals surface area contributed by atoms with E-state index in [2.05, 4.69) is 52.8 Å². The zero-order valence-corrected chi connectivity index (χ0v) is 20.4. The molecular weight excluding hydrogens is 458 g/mol. The first-order chi connectivity index (χ1) is 17.4. The van der Waals surface area contributed by atoms with Crippen LogP contribution >= 0.6 is 0 Å². The molecule has 4 rings (SSSR count). The molecular formula is C29H30F2N4O. The van der Waals surface area contributed by atoms with E-state index in [1.807, 2.05) is 18.2 Å². The van der Waals surface area contributed by atoms with E-state index in [0.29, 0.717) is 12.1 Å². The SMILES string of the molecule is CCCN1CCC(CNC(=O)Nc2cc(F)cc(F)c2)(c2ccc(-c3cccc(C#N)c3)cc2)CC1. The molecule has 0 saturated carbocycles. The number of carbonyl (C=O) groups excluding carboxylic acids is 1. The molecule has 1 aliphatic rings. The average Bonchev–Trinajstić information content (AvgIpc) is 2.88. The van der Waals surface area contributed by atoms with Crippen molar-refractivity contribution in [2.75, 3.05) is 31.5 Å². The van der Waals surface area contributed by atoms with E-state index < -0.39 is 17.7 Å². The molecule has 5 nitrogen and oxygen atoms in total. The molecule has 1 heterocycles. The van der Waals surface area contributed by atoms with Gasteiger partial charge in [0.2, 0.25) is 0 Å². The second-order valence-electron chi connectivity index (χ2n) is 9.36. The zero-order chi connectivity index (χ0) is 25.5. The van der Waals surface area contributed by atoms with Crippen molar-refractivity contribution < 1.29 is 13.6 Å². The minimum absolute atomic E-state index is 0.0702. The molecule has 2 amide bonds. The van der Waals surface area contributed by atoms with Crippen LogP contribution in [0.15, 0.2) is 66.7 Å². The van der Waals surface area contributed by atoms with Gasteiger partial charge in [0.15, 0.2) is 0 Å². The number of hydrogen-bond donors (Lipinski definition) is 2. The van der Waals surface area contributed by atoms with Crippen LogP contribution in [0.3, 0.4) is 0 Å². The monoisotopic (exact) mass is 488 g/mol. The molecule has 0 spiro atoms. The number of carbonyl (C=O) groups is 1. The fraction of sp³-hybridized carbons (Fsp3) is 0.310. The van der Waals surface area contributed by atoms with Gasteiger partial charge in [-0.3, -0.25) is 0 Å². The minimum atomic E-state index is -0.745. The van der Waals surface area contributed by atoms with Crippen molar-refractivity contribution in [2.45, 2.75) is 31.6 Å². The maximum atomic E-state index is 13.5. The van der Waals surface area contributed by atoms with Gasteiger partial charge in [-0.25, -0.2) is 13.6 Å². The van der Waals surface area contributed by atoms with Crippen LogP contribution in [0.2, 0.25) is 0 Å². The number of hydrogen-bond acceptors (Lipinski definition) is 3. The van der Waals surface area contributed by atoms with E-state index in [9.17, 15) is 18.8 Å². The summed E-state index contributed by atoms with van der Waals surface area (Å²) in [6.45, 7) is 5.47. The van der Waals surface area contributed by atoms with Crippen LogP contribution in [-0.4, -0.2) is 37.1 Å². The van der Waals surface area contributed by atoms with Gasteiger partial charge in [0.1, 0.15) is 11.6 Å². The van der Waals surface area contributed by atoms with Crippen LogP contribution in [0.4, 0.5) is 19.3 Å². The Hall–Kier alpha value is -3.76. The third-order valence-electron chi connectivity index (χ3n) is 6.88. The summed E-state index contributed by atoms with van der Waals surface area (Å²) in [5.74, 6) is -1.49. The molecule has 0 unspecified atom stereocenters. The Kier molecular flexibility index (Phi) is 7.97. The molecule has 1 saturated heterocycles. The van der Waals surface area contributed by atoms with Gasteiger partial charge < -0.3 is 15.5 Å². The Labute approximate surface area is 210 Å². The molecule has 0 bridgehead atoms. The highest BCUT2D eigenvalue weighted by Crippen LogP contribution is 2.36. The van der Waals surface area contributed by atoms with Crippen LogP contribution in [0, 0.1) is 23.0 Å². The minimum Gasteiger partial charge on any atom is -0.337 e. The van der Waals surface area contributed by atoms with Gasteiger partial charge in [0, 0.05) is 23.7 Å². The van der Waals surface area contributed by atoms with Gasteiger partial charge in [-0.15, -0.1) is 0 Å². The molecule has 0 radical (unpaired) electrons. The Balaban J connectivity index is 1.52. The van der Waals surface area contributed by atoms with Crippen molar-refractivity contribution >= 4 is 11.7 Å². The molecule has 0 atom stereocenters. The molecule has 7 heteroatoms. The van der Waals surface area contributed by atoms with Crippen LogP contribution in [0.5, 0.6) is 0 Å². The van der Waals surface area contributed by atoms with Crippen molar-refractivity contribution in [3.05, 3.63) is 89.5 Å². The summed E-state index contributed by atoms with van der Waals surface area (Å²) < 4.78 is 27.0. The predicted octanol–water partition coefficient (Wildman–Crippen LogP) is 6.07. The van der Waals surface area contributed by atoms with Crippen molar-refractivity contribution in [3.8, 4) is 17.2 Å². The normalized spacial score (nSPS) is 15.2. The highest BCUT2D eigenvalue weighted by atomic mass is 19.1. The highest BCUT2D eigenvalue weighted by molar-refractivity contribution is 5.89. The number of benzene rings is 3. The Morgan fingerprint density at radius 2 is 1.69 bits per heavy atom. The largest absolute Gasteiger partial charge is 0.337 e. The summed E-state index contributed by atoms with van der Waals surface area (Å²) in [6.07, 6.45) is 2.85. The fourth-order valence-corrected chi connectivity index (χ4v) is 4.92. The van der Waals surface area contributed by atoms with Gasteiger partial charge in [0.25, 0.3) is 0 Å².